The maximum absolute atomic E-state index is 5.46. The van der Waals surface area contributed by atoms with Gasteiger partial charge in [0.15, 0.2) is 0 Å². The standard InChI is InChI=1S/C13H20N4O/c1-2-18-12-5-6-15-13(16-12)17-7-3-4-10-8-14-9-11(10)17/h5-6,10-11,14H,2-4,7-9H2,1H3. The molecule has 0 saturated carbocycles. The van der Waals surface area contributed by atoms with Crippen LogP contribution in [0, 0.1) is 5.92 Å². The molecule has 5 nitrogen and oxygen atoms in total. The van der Waals surface area contributed by atoms with E-state index in [2.05, 4.69) is 20.2 Å². The van der Waals surface area contributed by atoms with Crippen molar-refractivity contribution in [3.05, 3.63) is 12.3 Å². The van der Waals surface area contributed by atoms with Gasteiger partial charge in [0.1, 0.15) is 0 Å². The molecule has 2 aliphatic heterocycles. The van der Waals surface area contributed by atoms with E-state index in [1.807, 2.05) is 13.0 Å². The van der Waals surface area contributed by atoms with Gasteiger partial charge in [-0.15, -0.1) is 0 Å². The normalized spacial score (nSPS) is 27.1. The summed E-state index contributed by atoms with van der Waals surface area (Å²) in [5.74, 6) is 2.24. The highest BCUT2D eigenvalue weighted by atomic mass is 16.5. The van der Waals surface area contributed by atoms with E-state index < -0.39 is 0 Å². The van der Waals surface area contributed by atoms with Crippen LogP contribution in [0.1, 0.15) is 19.8 Å². The average molecular weight is 248 g/mol. The van der Waals surface area contributed by atoms with Gasteiger partial charge >= 0.3 is 0 Å². The minimum Gasteiger partial charge on any atom is -0.478 e. The van der Waals surface area contributed by atoms with Crippen molar-refractivity contribution in [3.8, 4) is 5.88 Å². The number of piperidine rings is 1. The summed E-state index contributed by atoms with van der Waals surface area (Å²) in [5, 5.41) is 3.48. The van der Waals surface area contributed by atoms with Gasteiger partial charge in [-0.25, -0.2) is 4.98 Å². The monoisotopic (exact) mass is 248 g/mol. The number of hydrogen-bond acceptors (Lipinski definition) is 5. The van der Waals surface area contributed by atoms with Crippen LogP contribution in [0.25, 0.3) is 0 Å². The van der Waals surface area contributed by atoms with Crippen LogP contribution < -0.4 is 15.0 Å². The van der Waals surface area contributed by atoms with E-state index in [1.165, 1.54) is 12.8 Å². The molecule has 0 aromatic carbocycles. The molecule has 1 aromatic rings. The molecule has 2 aliphatic rings. The fourth-order valence-electron chi connectivity index (χ4n) is 3.02. The van der Waals surface area contributed by atoms with Crippen molar-refractivity contribution < 1.29 is 4.74 Å². The molecular formula is C13H20N4O. The van der Waals surface area contributed by atoms with Gasteiger partial charge in [-0.05, 0) is 25.7 Å². The second-order valence-corrected chi connectivity index (χ2v) is 4.95. The molecule has 0 aliphatic carbocycles. The zero-order chi connectivity index (χ0) is 12.4. The van der Waals surface area contributed by atoms with Crippen molar-refractivity contribution in [3.63, 3.8) is 0 Å². The molecule has 0 spiro atoms. The zero-order valence-electron chi connectivity index (χ0n) is 10.8. The number of aromatic nitrogens is 2. The second kappa shape index (κ2) is 5.10. The van der Waals surface area contributed by atoms with Crippen LogP contribution in [-0.2, 0) is 0 Å². The van der Waals surface area contributed by atoms with E-state index in [-0.39, 0.29) is 0 Å². The fraction of sp³-hybridized carbons (Fsp3) is 0.692. The van der Waals surface area contributed by atoms with Gasteiger partial charge in [0.2, 0.25) is 11.8 Å². The molecule has 1 N–H and O–H groups in total. The summed E-state index contributed by atoms with van der Waals surface area (Å²) in [4.78, 5) is 11.3. The Hall–Kier alpha value is -1.36. The van der Waals surface area contributed by atoms with Crippen LogP contribution >= 0.6 is 0 Å². The highest BCUT2D eigenvalue weighted by Crippen LogP contribution is 2.29. The van der Waals surface area contributed by atoms with Gasteiger partial charge in [-0.3, -0.25) is 0 Å². The largest absolute Gasteiger partial charge is 0.478 e. The molecular weight excluding hydrogens is 228 g/mol. The molecule has 3 heterocycles. The Balaban J connectivity index is 1.82. The first-order chi connectivity index (χ1) is 8.88. The number of fused-ring (bicyclic) bond motifs is 1. The molecule has 5 heteroatoms. The maximum Gasteiger partial charge on any atom is 0.228 e. The van der Waals surface area contributed by atoms with Crippen LogP contribution in [0.4, 0.5) is 5.95 Å². The van der Waals surface area contributed by atoms with E-state index in [4.69, 9.17) is 4.74 Å². The van der Waals surface area contributed by atoms with Crippen molar-refractivity contribution in [2.45, 2.75) is 25.8 Å². The molecule has 0 amide bonds. The van der Waals surface area contributed by atoms with E-state index in [0.29, 0.717) is 18.5 Å². The third-order valence-electron chi connectivity index (χ3n) is 3.84. The molecule has 3 rings (SSSR count). The first kappa shape index (κ1) is 11.7. The maximum atomic E-state index is 5.46. The lowest BCUT2D eigenvalue weighted by Gasteiger charge is -2.37. The van der Waals surface area contributed by atoms with Gasteiger partial charge in [0.05, 0.1) is 6.61 Å². The van der Waals surface area contributed by atoms with Gasteiger partial charge < -0.3 is 15.0 Å². The number of nitrogens with zero attached hydrogens (tertiary/aromatic N) is 3. The second-order valence-electron chi connectivity index (χ2n) is 4.95. The van der Waals surface area contributed by atoms with E-state index >= 15 is 0 Å². The van der Waals surface area contributed by atoms with Gasteiger partial charge in [0.25, 0.3) is 0 Å². The summed E-state index contributed by atoms with van der Waals surface area (Å²) in [6.45, 7) is 5.85. The number of ether oxygens (including phenoxy) is 1. The third kappa shape index (κ3) is 2.14. The molecule has 2 fully saturated rings. The van der Waals surface area contributed by atoms with Crippen molar-refractivity contribution >= 4 is 5.95 Å². The third-order valence-corrected chi connectivity index (χ3v) is 3.84. The predicted molar refractivity (Wildman–Crippen MR) is 69.9 cm³/mol. The minimum atomic E-state index is 0.552. The Bertz CT molecular complexity index is 412. The van der Waals surface area contributed by atoms with Crippen LogP contribution in [0.3, 0.4) is 0 Å². The Labute approximate surface area is 108 Å². The number of rotatable bonds is 3. The van der Waals surface area contributed by atoms with Crippen molar-refractivity contribution in [1.29, 1.82) is 0 Å². The van der Waals surface area contributed by atoms with Crippen molar-refractivity contribution in [1.82, 2.24) is 15.3 Å². The van der Waals surface area contributed by atoms with E-state index in [0.717, 1.165) is 31.5 Å². The molecule has 2 unspecified atom stereocenters. The quantitative estimate of drug-likeness (QED) is 0.867. The Morgan fingerprint density at radius 2 is 2.44 bits per heavy atom. The molecule has 98 valence electrons. The Morgan fingerprint density at radius 3 is 3.33 bits per heavy atom. The average Bonchev–Trinajstić information content (AvgIpc) is 2.87. The van der Waals surface area contributed by atoms with Crippen molar-refractivity contribution in [2.24, 2.45) is 5.92 Å². The summed E-state index contributed by atoms with van der Waals surface area (Å²) >= 11 is 0. The molecule has 0 bridgehead atoms. The predicted octanol–water partition coefficient (Wildman–Crippen LogP) is 1.06. The van der Waals surface area contributed by atoms with Crippen LogP contribution in [0.5, 0.6) is 5.88 Å². The van der Waals surface area contributed by atoms with Gasteiger partial charge in [-0.1, -0.05) is 0 Å². The Kier molecular flexibility index (Phi) is 3.32. The highest BCUT2D eigenvalue weighted by molar-refractivity contribution is 5.35. The fourth-order valence-corrected chi connectivity index (χ4v) is 3.02. The summed E-state index contributed by atoms with van der Waals surface area (Å²) in [6.07, 6.45) is 4.34. The topological polar surface area (TPSA) is 50.3 Å². The van der Waals surface area contributed by atoms with Gasteiger partial charge in [-0.2, -0.15) is 4.98 Å². The minimum absolute atomic E-state index is 0.552. The highest BCUT2D eigenvalue weighted by Gasteiger charge is 2.36. The lowest BCUT2D eigenvalue weighted by Crippen LogP contribution is -2.46. The number of hydrogen-bond donors (Lipinski definition) is 1. The number of nitrogens with one attached hydrogen (secondary N) is 1. The molecule has 1 aromatic heterocycles. The molecule has 18 heavy (non-hydrogen) atoms. The van der Waals surface area contributed by atoms with Crippen LogP contribution in [0.2, 0.25) is 0 Å². The first-order valence-electron chi connectivity index (χ1n) is 6.81. The summed E-state index contributed by atoms with van der Waals surface area (Å²) in [6, 6.07) is 2.37. The molecule has 0 radical (unpaired) electrons. The van der Waals surface area contributed by atoms with Crippen LogP contribution in [-0.4, -0.2) is 42.3 Å². The van der Waals surface area contributed by atoms with Gasteiger partial charge in [0, 0.05) is 37.9 Å². The van der Waals surface area contributed by atoms with Crippen LogP contribution in [0.15, 0.2) is 12.3 Å². The summed E-state index contributed by atoms with van der Waals surface area (Å²) in [7, 11) is 0. The molecule has 2 atom stereocenters. The van der Waals surface area contributed by atoms with E-state index in [1.54, 1.807) is 6.20 Å². The molecule has 2 saturated heterocycles. The first-order valence-corrected chi connectivity index (χ1v) is 6.81. The van der Waals surface area contributed by atoms with E-state index in [9.17, 15) is 0 Å². The lowest BCUT2D eigenvalue weighted by molar-refractivity contribution is 0.324. The lowest BCUT2D eigenvalue weighted by atomic mass is 9.92. The Morgan fingerprint density at radius 1 is 1.50 bits per heavy atom. The number of anilines is 1. The summed E-state index contributed by atoms with van der Waals surface area (Å²) < 4.78 is 5.46. The summed E-state index contributed by atoms with van der Waals surface area (Å²) in [5.41, 5.74) is 0. The smallest absolute Gasteiger partial charge is 0.228 e. The van der Waals surface area contributed by atoms with Crippen molar-refractivity contribution in [2.75, 3.05) is 31.1 Å². The zero-order valence-corrected chi connectivity index (χ0v) is 10.8. The SMILES string of the molecule is CCOc1ccnc(N2CCCC3CNCC32)n1.